The van der Waals surface area contributed by atoms with E-state index in [1.165, 1.54) is 25.1 Å². The summed E-state index contributed by atoms with van der Waals surface area (Å²) in [5, 5.41) is 15.2. The zero-order valence-electron chi connectivity index (χ0n) is 9.17. The van der Waals surface area contributed by atoms with Crippen molar-refractivity contribution >= 4 is 29.9 Å². The molecule has 0 bridgehead atoms. The van der Waals surface area contributed by atoms with E-state index >= 15 is 0 Å². The van der Waals surface area contributed by atoms with Gasteiger partial charge < -0.3 is 5.32 Å². The zero-order chi connectivity index (χ0) is 11.4. The Morgan fingerprint density at radius 3 is 2.88 bits per heavy atom. The molecule has 1 atom stereocenters. The van der Waals surface area contributed by atoms with Crippen LogP contribution in [-0.2, 0) is 0 Å². The number of thioether (sulfide) groups is 1. The standard InChI is InChI=1S/C10H13N3O2S.ClH/c14-13(15)8-3-4-10(12-6-8)16-9-2-1-5-11-7-9;/h3-4,6,9,11H,1-2,5,7H2;1H. The second kappa shape index (κ2) is 6.78. The molecule has 7 heteroatoms. The third kappa shape index (κ3) is 4.14. The summed E-state index contributed by atoms with van der Waals surface area (Å²) in [6.07, 6.45) is 3.68. The molecule has 1 aromatic heterocycles. The van der Waals surface area contributed by atoms with E-state index in [1.54, 1.807) is 17.8 Å². The highest BCUT2D eigenvalue weighted by atomic mass is 35.5. The molecule has 1 aromatic rings. The average molecular weight is 276 g/mol. The maximum atomic E-state index is 10.5. The van der Waals surface area contributed by atoms with E-state index in [1.807, 2.05) is 0 Å². The molecule has 1 N–H and O–H groups in total. The van der Waals surface area contributed by atoms with Crippen molar-refractivity contribution in [1.82, 2.24) is 10.3 Å². The average Bonchev–Trinajstić information content (AvgIpc) is 2.31. The van der Waals surface area contributed by atoms with Crippen molar-refractivity contribution < 1.29 is 4.92 Å². The summed E-state index contributed by atoms with van der Waals surface area (Å²) in [6, 6.07) is 3.23. The molecule has 0 aliphatic carbocycles. The maximum absolute atomic E-state index is 10.5. The molecule has 2 rings (SSSR count). The van der Waals surface area contributed by atoms with Gasteiger partial charge in [0.15, 0.2) is 0 Å². The molecular formula is C10H14ClN3O2S. The number of pyridine rings is 1. The minimum atomic E-state index is -0.427. The highest BCUT2D eigenvalue weighted by Gasteiger charge is 2.15. The lowest BCUT2D eigenvalue weighted by Crippen LogP contribution is -2.31. The van der Waals surface area contributed by atoms with Crippen LogP contribution in [0.5, 0.6) is 0 Å². The monoisotopic (exact) mass is 275 g/mol. The van der Waals surface area contributed by atoms with Crippen LogP contribution in [0.1, 0.15) is 12.8 Å². The molecule has 17 heavy (non-hydrogen) atoms. The number of hydrogen-bond acceptors (Lipinski definition) is 5. The summed E-state index contributed by atoms with van der Waals surface area (Å²) in [6.45, 7) is 2.08. The Kier molecular flexibility index (Phi) is 5.67. The zero-order valence-corrected chi connectivity index (χ0v) is 10.8. The predicted molar refractivity (Wildman–Crippen MR) is 69.9 cm³/mol. The van der Waals surface area contributed by atoms with Crippen molar-refractivity contribution in [3.63, 3.8) is 0 Å². The number of rotatable bonds is 3. The molecule has 0 spiro atoms. The minimum absolute atomic E-state index is 0. The Balaban J connectivity index is 0.00000144. The second-order valence-electron chi connectivity index (χ2n) is 3.70. The molecule has 5 nitrogen and oxygen atoms in total. The number of halogens is 1. The van der Waals surface area contributed by atoms with Crippen LogP contribution in [0.15, 0.2) is 23.4 Å². The number of hydrogen-bond donors (Lipinski definition) is 1. The van der Waals surface area contributed by atoms with Gasteiger partial charge in [-0.05, 0) is 25.5 Å². The van der Waals surface area contributed by atoms with Crippen LogP contribution >= 0.6 is 24.2 Å². The van der Waals surface area contributed by atoms with Crippen LogP contribution in [-0.4, -0.2) is 28.2 Å². The first-order chi connectivity index (χ1) is 7.75. The molecule has 0 radical (unpaired) electrons. The molecule has 1 fully saturated rings. The largest absolute Gasteiger partial charge is 0.316 e. The van der Waals surface area contributed by atoms with Gasteiger partial charge in [-0.1, -0.05) is 0 Å². The fourth-order valence-electron chi connectivity index (χ4n) is 1.64. The Morgan fingerprint density at radius 2 is 2.35 bits per heavy atom. The van der Waals surface area contributed by atoms with Crippen LogP contribution in [0, 0.1) is 10.1 Å². The van der Waals surface area contributed by atoms with E-state index in [0.717, 1.165) is 18.1 Å². The third-order valence-corrected chi connectivity index (χ3v) is 3.69. The Morgan fingerprint density at radius 1 is 1.53 bits per heavy atom. The van der Waals surface area contributed by atoms with E-state index in [0.29, 0.717) is 5.25 Å². The summed E-state index contributed by atoms with van der Waals surface area (Å²) < 4.78 is 0. The van der Waals surface area contributed by atoms with Crippen molar-refractivity contribution in [3.8, 4) is 0 Å². The maximum Gasteiger partial charge on any atom is 0.287 e. The highest BCUT2D eigenvalue weighted by molar-refractivity contribution is 7.99. The van der Waals surface area contributed by atoms with Crippen molar-refractivity contribution in [2.45, 2.75) is 23.1 Å². The molecule has 1 saturated heterocycles. The smallest absolute Gasteiger partial charge is 0.287 e. The first kappa shape index (κ1) is 14.2. The number of nitrogens with zero attached hydrogens (tertiary/aromatic N) is 2. The molecule has 1 aliphatic heterocycles. The van der Waals surface area contributed by atoms with Gasteiger partial charge in [0, 0.05) is 17.9 Å². The normalized spacial score (nSPS) is 19.4. The number of nitro groups is 1. The van der Waals surface area contributed by atoms with Crippen LogP contribution in [0.3, 0.4) is 0 Å². The lowest BCUT2D eigenvalue weighted by Gasteiger charge is -2.21. The number of aromatic nitrogens is 1. The van der Waals surface area contributed by atoms with Gasteiger partial charge in [-0.3, -0.25) is 10.1 Å². The molecule has 1 aliphatic rings. The Hall–Kier alpha value is -0.850. The summed E-state index contributed by atoms with van der Waals surface area (Å²) in [4.78, 5) is 14.1. The summed E-state index contributed by atoms with van der Waals surface area (Å²) in [5.41, 5.74) is 0.0473. The molecule has 1 unspecified atom stereocenters. The van der Waals surface area contributed by atoms with Gasteiger partial charge in [0.05, 0.1) is 9.95 Å². The Labute approximate surface area is 110 Å². The van der Waals surface area contributed by atoms with Crippen LogP contribution in [0.25, 0.3) is 0 Å². The van der Waals surface area contributed by atoms with Crippen molar-refractivity contribution in [2.24, 2.45) is 0 Å². The minimum Gasteiger partial charge on any atom is -0.316 e. The van der Waals surface area contributed by atoms with Gasteiger partial charge in [0.2, 0.25) is 0 Å². The van der Waals surface area contributed by atoms with Gasteiger partial charge in [0.1, 0.15) is 6.20 Å². The molecule has 2 heterocycles. The Bertz CT molecular complexity index is 368. The molecule has 0 aromatic carbocycles. The van der Waals surface area contributed by atoms with Crippen molar-refractivity contribution in [2.75, 3.05) is 13.1 Å². The van der Waals surface area contributed by atoms with E-state index in [-0.39, 0.29) is 18.1 Å². The second-order valence-corrected chi connectivity index (χ2v) is 5.02. The summed E-state index contributed by atoms with van der Waals surface area (Å²) >= 11 is 1.69. The van der Waals surface area contributed by atoms with E-state index in [2.05, 4.69) is 10.3 Å². The summed E-state index contributed by atoms with van der Waals surface area (Å²) in [5.74, 6) is 0. The van der Waals surface area contributed by atoms with Gasteiger partial charge in [-0.15, -0.1) is 24.2 Å². The van der Waals surface area contributed by atoms with Gasteiger partial charge in [0.25, 0.3) is 5.69 Å². The van der Waals surface area contributed by atoms with E-state index in [9.17, 15) is 10.1 Å². The third-order valence-electron chi connectivity index (χ3n) is 2.47. The van der Waals surface area contributed by atoms with Crippen LogP contribution in [0.4, 0.5) is 5.69 Å². The topological polar surface area (TPSA) is 68.1 Å². The molecule has 0 amide bonds. The summed E-state index contributed by atoms with van der Waals surface area (Å²) in [7, 11) is 0. The first-order valence-electron chi connectivity index (χ1n) is 5.23. The molecular weight excluding hydrogens is 262 g/mol. The van der Waals surface area contributed by atoms with Gasteiger partial charge in [-0.25, -0.2) is 4.98 Å². The molecule has 0 saturated carbocycles. The van der Waals surface area contributed by atoms with Gasteiger partial charge >= 0.3 is 0 Å². The predicted octanol–water partition coefficient (Wildman–Crippen LogP) is 2.26. The van der Waals surface area contributed by atoms with Crippen molar-refractivity contribution in [3.05, 3.63) is 28.4 Å². The lowest BCUT2D eigenvalue weighted by atomic mass is 10.2. The van der Waals surface area contributed by atoms with Crippen LogP contribution in [0.2, 0.25) is 0 Å². The quantitative estimate of drug-likeness (QED) is 0.677. The fraction of sp³-hybridized carbons (Fsp3) is 0.500. The number of piperidine rings is 1. The van der Waals surface area contributed by atoms with Crippen LogP contribution < -0.4 is 5.32 Å². The SMILES string of the molecule is Cl.O=[N+]([O-])c1ccc(SC2CCCNC2)nc1. The van der Waals surface area contributed by atoms with Gasteiger partial charge in [-0.2, -0.15) is 0 Å². The first-order valence-corrected chi connectivity index (χ1v) is 6.11. The van der Waals surface area contributed by atoms with E-state index in [4.69, 9.17) is 0 Å². The molecule has 94 valence electrons. The van der Waals surface area contributed by atoms with Crippen molar-refractivity contribution in [1.29, 1.82) is 0 Å². The van der Waals surface area contributed by atoms with E-state index < -0.39 is 4.92 Å². The highest BCUT2D eigenvalue weighted by Crippen LogP contribution is 2.26. The lowest BCUT2D eigenvalue weighted by molar-refractivity contribution is -0.385. The fourth-order valence-corrected chi connectivity index (χ4v) is 2.73. The number of nitrogens with one attached hydrogen (secondary N) is 1.